The molecule has 184 valence electrons. The molecule has 2 aliphatic rings. The van der Waals surface area contributed by atoms with Crippen LogP contribution in [0.5, 0.6) is 0 Å². The summed E-state index contributed by atoms with van der Waals surface area (Å²) in [6, 6.07) is 10.1. The number of hydrogen-bond acceptors (Lipinski definition) is 6. The highest BCUT2D eigenvalue weighted by atomic mass is 32.2. The molecule has 2 aromatic rings. The number of nitrogens with zero attached hydrogens (tertiary/aromatic N) is 3. The smallest absolute Gasteiger partial charge is 0.293 e. The van der Waals surface area contributed by atoms with Crippen LogP contribution in [0.1, 0.15) is 21.5 Å². The van der Waals surface area contributed by atoms with Crippen LogP contribution in [0.15, 0.2) is 47.4 Å². The summed E-state index contributed by atoms with van der Waals surface area (Å²) in [7, 11) is 1.67. The molecule has 0 radical (unpaired) electrons. The first-order valence-electron chi connectivity index (χ1n) is 11.2. The Morgan fingerprint density at radius 3 is 2.40 bits per heavy atom. The van der Waals surface area contributed by atoms with Gasteiger partial charge in [0, 0.05) is 45.4 Å². The number of rotatable bonds is 7. The fourth-order valence-corrected chi connectivity index (χ4v) is 4.75. The maximum atomic E-state index is 13.5. The highest BCUT2D eigenvalue weighted by molar-refractivity contribution is 8.18. The van der Waals surface area contributed by atoms with Crippen molar-refractivity contribution < 1.29 is 27.9 Å². The summed E-state index contributed by atoms with van der Waals surface area (Å²) in [5.41, 5.74) is 1.54. The Kier molecular flexibility index (Phi) is 7.94. The molecule has 0 spiro atoms. The molecule has 0 saturated carbocycles. The topological polar surface area (TPSA) is 70.2 Å². The van der Waals surface area contributed by atoms with E-state index in [0.717, 1.165) is 48.4 Å². The molecule has 0 unspecified atom stereocenters. The number of methoxy groups -OCH3 is 1. The van der Waals surface area contributed by atoms with Crippen LogP contribution in [0.2, 0.25) is 0 Å². The van der Waals surface area contributed by atoms with Crippen molar-refractivity contribution in [2.45, 2.75) is 6.54 Å². The number of benzene rings is 2. The van der Waals surface area contributed by atoms with Crippen molar-refractivity contribution in [1.82, 2.24) is 14.7 Å². The fraction of sp³-hybridized carbons (Fsp3) is 0.320. The lowest BCUT2D eigenvalue weighted by atomic mass is 10.1. The second-order valence-corrected chi connectivity index (χ2v) is 9.26. The average molecular weight is 502 g/mol. The molecule has 0 atom stereocenters. The Morgan fingerprint density at radius 1 is 1.03 bits per heavy atom. The van der Waals surface area contributed by atoms with E-state index < -0.39 is 22.8 Å². The normalized spacial score (nSPS) is 18.1. The van der Waals surface area contributed by atoms with Gasteiger partial charge in [0.25, 0.3) is 17.1 Å². The molecule has 2 saturated heterocycles. The summed E-state index contributed by atoms with van der Waals surface area (Å²) in [6.07, 6.45) is 1.58. The zero-order valence-corrected chi connectivity index (χ0v) is 20.0. The molecule has 0 N–H and O–H groups in total. The fourth-order valence-electron chi connectivity index (χ4n) is 3.91. The predicted molar refractivity (Wildman–Crippen MR) is 129 cm³/mol. The van der Waals surface area contributed by atoms with Crippen molar-refractivity contribution in [3.05, 3.63) is 75.7 Å². The van der Waals surface area contributed by atoms with Crippen molar-refractivity contribution in [3.63, 3.8) is 0 Å². The molecule has 10 heteroatoms. The molecular formula is C25H25F2N3O4S. The Balaban J connectivity index is 1.38. The van der Waals surface area contributed by atoms with E-state index in [1.54, 1.807) is 37.5 Å². The number of hydrogen-bond donors (Lipinski definition) is 0. The van der Waals surface area contributed by atoms with Gasteiger partial charge < -0.3 is 9.64 Å². The molecule has 0 aliphatic carbocycles. The second-order valence-electron chi connectivity index (χ2n) is 8.26. The summed E-state index contributed by atoms with van der Waals surface area (Å²) >= 11 is 0.784. The molecule has 7 nitrogen and oxygen atoms in total. The van der Waals surface area contributed by atoms with E-state index in [1.165, 1.54) is 6.07 Å². The highest BCUT2D eigenvalue weighted by Crippen LogP contribution is 2.33. The third kappa shape index (κ3) is 5.95. The van der Waals surface area contributed by atoms with Crippen LogP contribution in [-0.2, 0) is 16.1 Å². The van der Waals surface area contributed by atoms with Crippen LogP contribution in [-0.4, -0.2) is 78.2 Å². The minimum absolute atomic E-state index is 0.0465. The summed E-state index contributed by atoms with van der Waals surface area (Å²) in [6.45, 7) is 4.26. The molecule has 35 heavy (non-hydrogen) atoms. The van der Waals surface area contributed by atoms with Crippen molar-refractivity contribution in [2.75, 3.05) is 46.4 Å². The average Bonchev–Trinajstić information content (AvgIpc) is 3.12. The van der Waals surface area contributed by atoms with Crippen LogP contribution in [0, 0.1) is 11.6 Å². The molecule has 0 bridgehead atoms. The highest BCUT2D eigenvalue weighted by Gasteiger charge is 2.35. The van der Waals surface area contributed by atoms with Gasteiger partial charge in [-0.05, 0) is 53.2 Å². The number of halogens is 2. The van der Waals surface area contributed by atoms with Crippen LogP contribution in [0.25, 0.3) is 6.08 Å². The standard InChI is InChI=1S/C25H25F2N3O4S/c1-34-13-12-28-8-10-29(11-9-28)23(31)19-5-2-17(3-6-19)15-22-24(32)30(25(33)35-22)16-18-4-7-20(26)21(27)14-18/h2-7,14-15H,8-13,16H2,1H3/b22-15-. The summed E-state index contributed by atoms with van der Waals surface area (Å²) < 4.78 is 31.7. The van der Waals surface area contributed by atoms with E-state index >= 15 is 0 Å². The second kappa shape index (κ2) is 11.1. The molecule has 2 fully saturated rings. The zero-order chi connectivity index (χ0) is 24.9. The Bertz CT molecular complexity index is 1150. The van der Waals surface area contributed by atoms with E-state index in [0.29, 0.717) is 36.4 Å². The molecular weight excluding hydrogens is 476 g/mol. The summed E-state index contributed by atoms with van der Waals surface area (Å²) in [5.74, 6) is -2.58. The van der Waals surface area contributed by atoms with Crippen LogP contribution < -0.4 is 0 Å². The van der Waals surface area contributed by atoms with Crippen molar-refractivity contribution >= 4 is 34.9 Å². The molecule has 2 heterocycles. The van der Waals surface area contributed by atoms with Crippen molar-refractivity contribution in [3.8, 4) is 0 Å². The summed E-state index contributed by atoms with van der Waals surface area (Å²) in [5, 5.41) is -0.484. The number of piperazine rings is 1. The Hall–Kier alpha value is -3.08. The zero-order valence-electron chi connectivity index (χ0n) is 19.2. The van der Waals surface area contributed by atoms with Gasteiger partial charge in [0.2, 0.25) is 0 Å². The molecule has 3 amide bonds. The van der Waals surface area contributed by atoms with Crippen LogP contribution in [0.3, 0.4) is 0 Å². The van der Waals surface area contributed by atoms with Crippen molar-refractivity contribution in [1.29, 1.82) is 0 Å². The largest absolute Gasteiger partial charge is 0.383 e. The third-order valence-corrected chi connectivity index (χ3v) is 6.83. The van der Waals surface area contributed by atoms with E-state index in [2.05, 4.69) is 4.90 Å². The monoisotopic (exact) mass is 501 g/mol. The number of thioether (sulfide) groups is 1. The Morgan fingerprint density at radius 2 is 1.74 bits per heavy atom. The van der Waals surface area contributed by atoms with Gasteiger partial charge in [0.05, 0.1) is 18.1 Å². The SMILES string of the molecule is COCCN1CCN(C(=O)c2ccc(/C=C3\SC(=O)N(Cc4ccc(F)c(F)c4)C3=O)cc2)CC1. The quantitative estimate of drug-likeness (QED) is 0.540. The van der Waals surface area contributed by atoms with Gasteiger partial charge in [-0.15, -0.1) is 0 Å². The van der Waals surface area contributed by atoms with E-state index in [4.69, 9.17) is 4.74 Å². The van der Waals surface area contributed by atoms with Gasteiger partial charge >= 0.3 is 0 Å². The Labute approximate surface area is 206 Å². The molecule has 2 aromatic carbocycles. The number of ether oxygens (including phenoxy) is 1. The minimum atomic E-state index is -1.03. The van der Waals surface area contributed by atoms with Crippen molar-refractivity contribution in [2.24, 2.45) is 0 Å². The van der Waals surface area contributed by atoms with Crippen LogP contribution in [0.4, 0.5) is 13.6 Å². The maximum absolute atomic E-state index is 13.5. The minimum Gasteiger partial charge on any atom is -0.383 e. The molecule has 0 aromatic heterocycles. The maximum Gasteiger partial charge on any atom is 0.293 e. The van der Waals surface area contributed by atoms with Gasteiger partial charge in [0.1, 0.15) is 0 Å². The van der Waals surface area contributed by atoms with Gasteiger partial charge in [-0.1, -0.05) is 18.2 Å². The number of carbonyl (C=O) groups excluding carboxylic acids is 3. The first-order chi connectivity index (χ1) is 16.9. The number of amides is 3. The van der Waals surface area contributed by atoms with Crippen LogP contribution >= 0.6 is 11.8 Å². The van der Waals surface area contributed by atoms with Gasteiger partial charge in [-0.3, -0.25) is 24.2 Å². The van der Waals surface area contributed by atoms with E-state index in [-0.39, 0.29) is 17.4 Å². The lowest BCUT2D eigenvalue weighted by Gasteiger charge is -2.34. The third-order valence-electron chi connectivity index (χ3n) is 5.92. The van der Waals surface area contributed by atoms with Gasteiger partial charge in [-0.25, -0.2) is 8.78 Å². The van der Waals surface area contributed by atoms with E-state index in [9.17, 15) is 23.2 Å². The van der Waals surface area contributed by atoms with Gasteiger partial charge in [-0.2, -0.15) is 0 Å². The van der Waals surface area contributed by atoms with Gasteiger partial charge in [0.15, 0.2) is 11.6 Å². The lowest BCUT2D eigenvalue weighted by molar-refractivity contribution is -0.123. The first kappa shape index (κ1) is 25.0. The first-order valence-corrected chi connectivity index (χ1v) is 12.0. The number of imide groups is 1. The number of carbonyl (C=O) groups is 3. The lowest BCUT2D eigenvalue weighted by Crippen LogP contribution is -2.49. The summed E-state index contributed by atoms with van der Waals surface area (Å²) in [4.78, 5) is 43.2. The molecule has 4 rings (SSSR count). The molecule has 2 aliphatic heterocycles. The van der Waals surface area contributed by atoms with E-state index in [1.807, 2.05) is 4.90 Å². The predicted octanol–water partition coefficient (Wildman–Crippen LogP) is 3.61.